The number of rotatable bonds is 7. The van der Waals surface area contributed by atoms with Crippen molar-refractivity contribution in [3.8, 4) is 0 Å². The fourth-order valence-corrected chi connectivity index (χ4v) is 5.65. The monoisotopic (exact) mass is 460 g/mol. The number of aromatic nitrogens is 1. The summed E-state index contributed by atoms with van der Waals surface area (Å²) >= 11 is 9.64. The molecule has 0 spiro atoms. The number of thioether (sulfide) groups is 1. The van der Waals surface area contributed by atoms with E-state index in [1.54, 1.807) is 4.90 Å². The lowest BCUT2D eigenvalue weighted by Gasteiger charge is -2.23. The van der Waals surface area contributed by atoms with Crippen molar-refractivity contribution in [1.82, 2.24) is 4.98 Å². The highest BCUT2D eigenvalue weighted by Gasteiger charge is 2.26. The Hall–Kier alpha value is -1.60. The third-order valence-electron chi connectivity index (χ3n) is 4.95. The van der Waals surface area contributed by atoms with E-state index in [-0.39, 0.29) is 12.0 Å². The minimum absolute atomic E-state index is 0.0324. The zero-order valence-electron chi connectivity index (χ0n) is 17.1. The summed E-state index contributed by atoms with van der Waals surface area (Å²) in [5.74, 6) is 0.0324. The number of amides is 1. The number of nitrogens with zero attached hydrogens (tertiary/aromatic N) is 2. The first-order valence-corrected chi connectivity index (χ1v) is 12.3. The van der Waals surface area contributed by atoms with Gasteiger partial charge in [0.2, 0.25) is 5.91 Å². The molecule has 0 radical (unpaired) electrons. The fourth-order valence-electron chi connectivity index (χ4n) is 3.53. The molecule has 2 aromatic carbocycles. The zero-order valence-corrected chi connectivity index (χ0v) is 19.5. The van der Waals surface area contributed by atoms with Gasteiger partial charge in [-0.1, -0.05) is 55.0 Å². The molecule has 30 heavy (non-hydrogen) atoms. The van der Waals surface area contributed by atoms with Crippen LogP contribution in [0, 0.1) is 0 Å². The first-order valence-electron chi connectivity index (χ1n) is 10.2. The molecule has 0 aliphatic carbocycles. The quantitative estimate of drug-likeness (QED) is 0.393. The number of fused-ring (bicyclic) bond motifs is 1. The zero-order chi connectivity index (χ0) is 21.1. The Morgan fingerprint density at radius 2 is 2.10 bits per heavy atom. The van der Waals surface area contributed by atoms with Crippen LogP contribution in [-0.2, 0) is 16.0 Å². The van der Waals surface area contributed by atoms with Gasteiger partial charge in [-0.3, -0.25) is 9.69 Å². The second kappa shape index (κ2) is 9.69. The Labute approximate surface area is 190 Å². The van der Waals surface area contributed by atoms with Crippen LogP contribution >= 0.6 is 34.7 Å². The third kappa shape index (κ3) is 5.17. The molecule has 1 unspecified atom stereocenters. The van der Waals surface area contributed by atoms with Crippen LogP contribution < -0.4 is 4.90 Å². The normalized spacial score (nSPS) is 16.5. The molecule has 1 aromatic heterocycles. The molecule has 1 aliphatic rings. The molecule has 7 heteroatoms. The van der Waals surface area contributed by atoms with Gasteiger partial charge in [-0.25, -0.2) is 4.98 Å². The van der Waals surface area contributed by atoms with Gasteiger partial charge in [-0.15, -0.1) is 11.8 Å². The molecule has 4 rings (SSSR count). The Kier molecular flexibility index (Phi) is 6.98. The summed E-state index contributed by atoms with van der Waals surface area (Å²) < 4.78 is 6.79. The van der Waals surface area contributed by atoms with E-state index >= 15 is 0 Å². The first kappa shape index (κ1) is 21.6. The molecule has 158 valence electrons. The van der Waals surface area contributed by atoms with Crippen LogP contribution in [0.25, 0.3) is 10.2 Å². The lowest BCUT2D eigenvalue weighted by molar-refractivity contribution is -0.118. The van der Waals surface area contributed by atoms with Crippen molar-refractivity contribution in [2.45, 2.75) is 49.4 Å². The van der Waals surface area contributed by atoms with Crippen molar-refractivity contribution in [3.05, 3.63) is 53.1 Å². The number of thiazole rings is 1. The van der Waals surface area contributed by atoms with E-state index in [2.05, 4.69) is 26.0 Å². The van der Waals surface area contributed by atoms with Crippen LogP contribution in [0.4, 0.5) is 5.13 Å². The average molecular weight is 461 g/mol. The largest absolute Gasteiger partial charge is 0.376 e. The maximum absolute atomic E-state index is 13.3. The number of anilines is 1. The van der Waals surface area contributed by atoms with E-state index in [4.69, 9.17) is 21.3 Å². The van der Waals surface area contributed by atoms with Gasteiger partial charge in [-0.2, -0.15) is 0 Å². The van der Waals surface area contributed by atoms with Crippen LogP contribution in [0.1, 0.15) is 32.3 Å². The van der Waals surface area contributed by atoms with E-state index in [9.17, 15) is 4.79 Å². The van der Waals surface area contributed by atoms with Crippen LogP contribution in [-0.4, -0.2) is 35.4 Å². The predicted molar refractivity (Wildman–Crippen MR) is 127 cm³/mol. The van der Waals surface area contributed by atoms with Gasteiger partial charge in [0.1, 0.15) is 5.52 Å². The van der Waals surface area contributed by atoms with Gasteiger partial charge < -0.3 is 4.74 Å². The van der Waals surface area contributed by atoms with Crippen molar-refractivity contribution in [2.24, 2.45) is 0 Å². The summed E-state index contributed by atoms with van der Waals surface area (Å²) in [6.07, 6.45) is 2.40. The van der Waals surface area contributed by atoms with Crippen LogP contribution in [0.3, 0.4) is 0 Å². The SMILES string of the molecule is CC(C)Sc1ccc(CC(=O)N(CC2CCCO2)c2nc3c(Cl)cccc3s2)cc1. The molecule has 1 aliphatic heterocycles. The van der Waals surface area contributed by atoms with Crippen molar-refractivity contribution in [3.63, 3.8) is 0 Å². The number of para-hydroxylation sites is 1. The van der Waals surface area contributed by atoms with Crippen molar-refractivity contribution in [1.29, 1.82) is 0 Å². The number of benzene rings is 2. The molecule has 4 nitrogen and oxygen atoms in total. The minimum atomic E-state index is 0.0324. The van der Waals surface area contributed by atoms with Gasteiger partial charge in [0.25, 0.3) is 0 Å². The number of ether oxygens (including phenoxy) is 1. The topological polar surface area (TPSA) is 42.4 Å². The molecule has 2 heterocycles. The summed E-state index contributed by atoms with van der Waals surface area (Å²) in [5, 5.41) is 1.83. The molecule has 1 saturated heterocycles. The second-order valence-electron chi connectivity index (χ2n) is 7.71. The summed E-state index contributed by atoms with van der Waals surface area (Å²) in [6.45, 7) is 5.63. The van der Waals surface area contributed by atoms with Crippen molar-refractivity contribution >= 4 is 56.0 Å². The van der Waals surface area contributed by atoms with E-state index in [0.717, 1.165) is 35.2 Å². The smallest absolute Gasteiger partial charge is 0.233 e. The number of hydrogen-bond acceptors (Lipinski definition) is 5. The fraction of sp³-hybridized carbons (Fsp3) is 0.391. The number of carbonyl (C=O) groups excluding carboxylic acids is 1. The summed E-state index contributed by atoms with van der Waals surface area (Å²) in [4.78, 5) is 21.0. The van der Waals surface area contributed by atoms with Crippen LogP contribution in [0.5, 0.6) is 0 Å². The number of hydrogen-bond donors (Lipinski definition) is 0. The molecular weight excluding hydrogens is 436 g/mol. The lowest BCUT2D eigenvalue weighted by atomic mass is 10.1. The third-order valence-corrected chi connectivity index (χ3v) is 7.32. The molecule has 1 atom stereocenters. The van der Waals surface area contributed by atoms with Gasteiger partial charge in [0.05, 0.1) is 28.8 Å². The predicted octanol–water partition coefficient (Wildman–Crippen LogP) is 6.20. The number of carbonyl (C=O) groups is 1. The Bertz CT molecular complexity index is 1010. The lowest BCUT2D eigenvalue weighted by Crippen LogP contribution is -2.38. The van der Waals surface area contributed by atoms with Gasteiger partial charge in [-0.05, 0) is 42.7 Å². The van der Waals surface area contributed by atoms with Gasteiger partial charge in [0.15, 0.2) is 5.13 Å². The Balaban J connectivity index is 1.56. The standard InChI is InChI=1S/C23H25ClN2O2S2/c1-15(2)29-18-10-8-16(9-11-18)13-21(27)26(14-17-5-4-12-28-17)23-25-22-19(24)6-3-7-20(22)30-23/h3,6-11,15,17H,4-5,12-14H2,1-2H3. The van der Waals surface area contributed by atoms with E-state index < -0.39 is 0 Å². The van der Waals surface area contributed by atoms with Crippen LogP contribution in [0.15, 0.2) is 47.4 Å². The first-order chi connectivity index (χ1) is 14.5. The van der Waals surface area contributed by atoms with Crippen molar-refractivity contribution in [2.75, 3.05) is 18.1 Å². The van der Waals surface area contributed by atoms with Gasteiger partial charge in [0, 0.05) is 16.8 Å². The van der Waals surface area contributed by atoms with Gasteiger partial charge >= 0.3 is 0 Å². The highest BCUT2D eigenvalue weighted by molar-refractivity contribution is 7.99. The summed E-state index contributed by atoms with van der Waals surface area (Å²) in [6, 6.07) is 14.0. The molecule has 3 aromatic rings. The second-order valence-corrected chi connectivity index (χ2v) is 10.8. The Morgan fingerprint density at radius 1 is 1.30 bits per heavy atom. The number of halogens is 1. The molecular formula is C23H25ClN2O2S2. The van der Waals surface area contributed by atoms with E-state index in [0.29, 0.717) is 28.4 Å². The molecule has 1 amide bonds. The molecule has 0 saturated carbocycles. The highest BCUT2D eigenvalue weighted by atomic mass is 35.5. The molecule has 1 fully saturated rings. The molecule has 0 bridgehead atoms. The van der Waals surface area contributed by atoms with Crippen LogP contribution in [0.2, 0.25) is 5.02 Å². The average Bonchev–Trinajstić information content (AvgIpc) is 3.37. The summed E-state index contributed by atoms with van der Waals surface area (Å²) in [5.41, 5.74) is 1.75. The maximum atomic E-state index is 13.3. The van der Waals surface area contributed by atoms with E-state index in [1.807, 2.05) is 42.1 Å². The maximum Gasteiger partial charge on any atom is 0.233 e. The minimum Gasteiger partial charge on any atom is -0.376 e. The Morgan fingerprint density at radius 3 is 2.77 bits per heavy atom. The van der Waals surface area contributed by atoms with Crippen molar-refractivity contribution < 1.29 is 9.53 Å². The van der Waals surface area contributed by atoms with E-state index in [1.165, 1.54) is 16.2 Å². The summed E-state index contributed by atoms with van der Waals surface area (Å²) in [7, 11) is 0. The molecule has 0 N–H and O–H groups in total. The highest BCUT2D eigenvalue weighted by Crippen LogP contribution is 2.34.